The highest BCUT2D eigenvalue weighted by Crippen LogP contribution is 2.29. The van der Waals surface area contributed by atoms with Crippen molar-refractivity contribution in [3.63, 3.8) is 0 Å². The van der Waals surface area contributed by atoms with Crippen LogP contribution in [0.3, 0.4) is 0 Å². The highest BCUT2D eigenvalue weighted by molar-refractivity contribution is 6.30. The fourth-order valence-corrected chi connectivity index (χ4v) is 3.35. The first-order chi connectivity index (χ1) is 12.7. The number of halogens is 1. The molecular weight excluding hydrogens is 360 g/mol. The molecule has 0 bridgehead atoms. The largest absolute Gasteiger partial charge is 0.466 e. The van der Waals surface area contributed by atoms with Gasteiger partial charge in [-0.1, -0.05) is 68.8 Å². The molecule has 0 fully saturated rings. The van der Waals surface area contributed by atoms with Gasteiger partial charge in [0.15, 0.2) is 0 Å². The fourth-order valence-electron chi connectivity index (χ4n) is 3.16. The first kappa shape index (κ1) is 21.5. The van der Waals surface area contributed by atoms with Crippen molar-refractivity contribution in [2.75, 3.05) is 6.61 Å². The number of ether oxygens (including phenoxy) is 1. The average molecular weight is 389 g/mol. The molecule has 2 unspecified atom stereocenters. The van der Waals surface area contributed by atoms with Crippen LogP contribution in [0.15, 0.2) is 48.5 Å². The molecule has 2 atom stereocenters. The zero-order chi connectivity index (χ0) is 20.0. The lowest BCUT2D eigenvalue weighted by Crippen LogP contribution is -2.26. The molecular formula is C23H29ClO3. The van der Waals surface area contributed by atoms with Crippen LogP contribution in [-0.4, -0.2) is 17.7 Å². The summed E-state index contributed by atoms with van der Waals surface area (Å²) in [5.74, 6) is -1.08. The molecule has 146 valence electrons. The second kappa shape index (κ2) is 9.38. The Labute approximate surface area is 167 Å². The zero-order valence-corrected chi connectivity index (χ0v) is 17.3. The van der Waals surface area contributed by atoms with Crippen molar-refractivity contribution in [3.05, 3.63) is 70.2 Å². The number of benzene rings is 2. The third-order valence-corrected chi connectivity index (χ3v) is 4.61. The lowest BCUT2D eigenvalue weighted by Gasteiger charge is -2.22. The lowest BCUT2D eigenvalue weighted by molar-refractivity contribution is -0.152. The molecule has 0 spiro atoms. The molecule has 0 aliphatic heterocycles. The fraction of sp³-hybridized carbons (Fsp3) is 0.435. The van der Waals surface area contributed by atoms with Crippen LogP contribution < -0.4 is 0 Å². The molecule has 0 aromatic heterocycles. The smallest absolute Gasteiger partial charge is 0.312 e. The first-order valence-corrected chi connectivity index (χ1v) is 9.75. The number of carbonyl (C=O) groups excluding carboxylic acids is 1. The molecule has 0 saturated heterocycles. The Morgan fingerprint density at radius 3 is 2.30 bits per heavy atom. The number of esters is 1. The van der Waals surface area contributed by atoms with Gasteiger partial charge in [0.1, 0.15) is 0 Å². The van der Waals surface area contributed by atoms with Crippen molar-refractivity contribution in [2.24, 2.45) is 11.3 Å². The predicted octanol–water partition coefficient (Wildman–Crippen LogP) is 5.38. The highest BCUT2D eigenvalue weighted by Gasteiger charge is 2.30. The summed E-state index contributed by atoms with van der Waals surface area (Å²) in [5, 5.41) is 11.3. The van der Waals surface area contributed by atoms with Crippen LogP contribution in [-0.2, 0) is 22.4 Å². The minimum atomic E-state index is -0.975. The second-order valence-electron chi connectivity index (χ2n) is 8.12. The molecule has 2 rings (SSSR count). The van der Waals surface area contributed by atoms with Gasteiger partial charge in [0, 0.05) is 5.02 Å². The third-order valence-electron chi connectivity index (χ3n) is 4.37. The summed E-state index contributed by atoms with van der Waals surface area (Å²) in [5.41, 5.74) is 3.09. The van der Waals surface area contributed by atoms with Crippen LogP contribution in [0, 0.1) is 11.3 Å². The maximum atomic E-state index is 12.5. The number of hydrogen-bond donors (Lipinski definition) is 1. The Kier molecular flexibility index (Phi) is 7.46. The molecule has 0 amide bonds. The van der Waals surface area contributed by atoms with Gasteiger partial charge < -0.3 is 9.84 Å². The number of hydrogen-bond acceptors (Lipinski definition) is 3. The summed E-state index contributed by atoms with van der Waals surface area (Å²) in [6, 6.07) is 15.2. The number of aliphatic hydroxyl groups excluding tert-OH is 1. The van der Waals surface area contributed by atoms with Crippen molar-refractivity contribution in [1.82, 2.24) is 0 Å². The van der Waals surface area contributed by atoms with Crippen molar-refractivity contribution in [2.45, 2.75) is 46.6 Å². The topological polar surface area (TPSA) is 46.5 Å². The van der Waals surface area contributed by atoms with Gasteiger partial charge in [0.2, 0.25) is 0 Å². The van der Waals surface area contributed by atoms with Gasteiger partial charge in [-0.3, -0.25) is 4.79 Å². The van der Waals surface area contributed by atoms with E-state index in [0.717, 1.165) is 12.0 Å². The minimum Gasteiger partial charge on any atom is -0.466 e. The maximum Gasteiger partial charge on any atom is 0.312 e. The minimum absolute atomic E-state index is 0.220. The van der Waals surface area contributed by atoms with E-state index in [1.54, 1.807) is 31.2 Å². The summed E-state index contributed by atoms with van der Waals surface area (Å²) in [7, 11) is 0. The van der Waals surface area contributed by atoms with Crippen LogP contribution in [0.25, 0.3) is 0 Å². The van der Waals surface area contributed by atoms with Gasteiger partial charge in [-0.2, -0.15) is 0 Å². The molecule has 0 heterocycles. The van der Waals surface area contributed by atoms with E-state index in [1.165, 1.54) is 5.56 Å². The Balaban J connectivity index is 2.20. The SMILES string of the molecule is CCOC(=O)C(Cc1ccc(CC(C)(C)C)cc1)C(O)c1cccc(Cl)c1. The Morgan fingerprint density at radius 2 is 1.74 bits per heavy atom. The predicted molar refractivity (Wildman–Crippen MR) is 110 cm³/mol. The quantitative estimate of drug-likeness (QED) is 0.647. The lowest BCUT2D eigenvalue weighted by atomic mass is 9.86. The van der Waals surface area contributed by atoms with Crippen molar-refractivity contribution in [3.8, 4) is 0 Å². The monoisotopic (exact) mass is 388 g/mol. The summed E-state index contributed by atoms with van der Waals surface area (Å²) < 4.78 is 5.21. The summed E-state index contributed by atoms with van der Waals surface area (Å²) in [6.45, 7) is 8.67. The zero-order valence-electron chi connectivity index (χ0n) is 16.5. The molecule has 2 aromatic carbocycles. The van der Waals surface area contributed by atoms with Gasteiger partial charge in [0.25, 0.3) is 0 Å². The maximum absolute atomic E-state index is 12.5. The van der Waals surface area contributed by atoms with Gasteiger partial charge in [-0.25, -0.2) is 0 Å². The van der Waals surface area contributed by atoms with Crippen LogP contribution in [0.4, 0.5) is 0 Å². The van der Waals surface area contributed by atoms with Gasteiger partial charge >= 0.3 is 5.97 Å². The molecule has 3 nitrogen and oxygen atoms in total. The van der Waals surface area contributed by atoms with Crippen molar-refractivity contribution >= 4 is 17.6 Å². The average Bonchev–Trinajstić information content (AvgIpc) is 2.59. The molecule has 0 saturated carbocycles. The molecule has 2 aromatic rings. The Hall–Kier alpha value is -1.84. The van der Waals surface area contributed by atoms with Crippen LogP contribution >= 0.6 is 11.6 Å². The van der Waals surface area contributed by atoms with E-state index in [-0.39, 0.29) is 12.0 Å². The van der Waals surface area contributed by atoms with Crippen molar-refractivity contribution < 1.29 is 14.6 Å². The van der Waals surface area contributed by atoms with E-state index in [2.05, 4.69) is 32.9 Å². The van der Waals surface area contributed by atoms with E-state index in [9.17, 15) is 9.90 Å². The van der Waals surface area contributed by atoms with Gasteiger partial charge in [-0.05, 0) is 54.0 Å². The molecule has 4 heteroatoms. The molecule has 0 aliphatic carbocycles. The Morgan fingerprint density at radius 1 is 1.11 bits per heavy atom. The highest BCUT2D eigenvalue weighted by atomic mass is 35.5. The molecule has 0 aliphatic rings. The number of carbonyl (C=O) groups is 1. The van der Waals surface area contributed by atoms with E-state index in [1.807, 2.05) is 12.1 Å². The molecule has 0 radical (unpaired) electrons. The van der Waals surface area contributed by atoms with Crippen LogP contribution in [0.5, 0.6) is 0 Å². The van der Waals surface area contributed by atoms with Crippen molar-refractivity contribution in [1.29, 1.82) is 0 Å². The standard InChI is InChI=1S/C23H29ClO3/c1-5-27-22(26)20(21(25)18-7-6-8-19(24)14-18)13-16-9-11-17(12-10-16)15-23(2,3)4/h6-12,14,20-21,25H,5,13,15H2,1-4H3. The normalized spacial score (nSPS) is 13.9. The van der Waals surface area contributed by atoms with E-state index >= 15 is 0 Å². The van der Waals surface area contributed by atoms with Gasteiger partial charge in [0.05, 0.1) is 18.6 Å². The first-order valence-electron chi connectivity index (χ1n) is 9.37. The second-order valence-corrected chi connectivity index (χ2v) is 8.55. The van der Waals surface area contributed by atoms with Gasteiger partial charge in [-0.15, -0.1) is 0 Å². The number of rotatable bonds is 7. The summed E-state index contributed by atoms with van der Waals surface area (Å²) in [6.07, 6.45) is 0.416. The Bertz CT molecular complexity index is 747. The van der Waals surface area contributed by atoms with E-state index < -0.39 is 18.0 Å². The summed E-state index contributed by atoms with van der Waals surface area (Å²) >= 11 is 6.04. The molecule has 27 heavy (non-hydrogen) atoms. The summed E-state index contributed by atoms with van der Waals surface area (Å²) in [4.78, 5) is 12.5. The molecule has 1 N–H and O–H groups in total. The number of aliphatic hydroxyl groups is 1. The van der Waals surface area contributed by atoms with Crippen LogP contribution in [0.1, 0.15) is 50.5 Å². The van der Waals surface area contributed by atoms with Crippen LogP contribution in [0.2, 0.25) is 5.02 Å². The van der Waals surface area contributed by atoms with E-state index in [0.29, 0.717) is 17.0 Å². The van der Waals surface area contributed by atoms with E-state index in [4.69, 9.17) is 16.3 Å². The third kappa shape index (κ3) is 6.67.